The Morgan fingerprint density at radius 2 is 1.95 bits per heavy atom. The van der Waals surface area contributed by atoms with E-state index in [1.54, 1.807) is 11.8 Å². The molecule has 0 fully saturated rings. The van der Waals surface area contributed by atoms with Crippen LogP contribution >= 0.6 is 27.7 Å². The summed E-state index contributed by atoms with van der Waals surface area (Å²) in [5.74, 6) is 0.964. The van der Waals surface area contributed by atoms with Gasteiger partial charge in [0.25, 0.3) is 0 Å². The molecule has 0 atom stereocenters. The van der Waals surface area contributed by atoms with Gasteiger partial charge >= 0.3 is 0 Å². The first-order chi connectivity index (χ1) is 9.20. The molecule has 0 saturated heterocycles. The third-order valence-corrected chi connectivity index (χ3v) is 4.18. The summed E-state index contributed by atoms with van der Waals surface area (Å²) in [6.07, 6.45) is 0. The molecule has 0 spiro atoms. The Morgan fingerprint density at radius 1 is 1.21 bits per heavy atom. The number of amidine groups is 1. The number of benzene rings is 2. The van der Waals surface area contributed by atoms with Gasteiger partial charge in [0.05, 0.1) is 0 Å². The van der Waals surface area contributed by atoms with Crippen molar-refractivity contribution in [1.82, 2.24) is 0 Å². The Balaban J connectivity index is 2.21. The zero-order valence-corrected chi connectivity index (χ0v) is 12.5. The molecular formula is C14H13BrN2OS. The van der Waals surface area contributed by atoms with Crippen molar-refractivity contribution in [2.24, 2.45) is 10.9 Å². The molecule has 0 radical (unpaired) electrons. The van der Waals surface area contributed by atoms with Crippen LogP contribution in [-0.2, 0) is 5.75 Å². The second kappa shape index (κ2) is 6.63. The van der Waals surface area contributed by atoms with Crippen LogP contribution in [0.5, 0.6) is 0 Å². The van der Waals surface area contributed by atoms with Gasteiger partial charge in [0, 0.05) is 20.7 Å². The smallest absolute Gasteiger partial charge is 0.171 e. The van der Waals surface area contributed by atoms with Gasteiger partial charge in [0.15, 0.2) is 5.84 Å². The summed E-state index contributed by atoms with van der Waals surface area (Å²) in [5, 5.41) is 11.9. The highest BCUT2D eigenvalue weighted by Gasteiger charge is 2.08. The molecule has 0 unspecified atom stereocenters. The molecule has 19 heavy (non-hydrogen) atoms. The first kappa shape index (κ1) is 14.0. The Morgan fingerprint density at radius 3 is 2.63 bits per heavy atom. The van der Waals surface area contributed by atoms with Gasteiger partial charge in [0.2, 0.25) is 0 Å². The van der Waals surface area contributed by atoms with E-state index in [9.17, 15) is 0 Å². The molecule has 5 heteroatoms. The summed E-state index contributed by atoms with van der Waals surface area (Å²) >= 11 is 5.09. The number of nitrogens with two attached hydrogens (primary N) is 1. The minimum Gasteiger partial charge on any atom is -0.409 e. The van der Waals surface area contributed by atoms with E-state index < -0.39 is 0 Å². The summed E-state index contributed by atoms with van der Waals surface area (Å²) in [4.78, 5) is 0.980. The van der Waals surface area contributed by atoms with E-state index in [1.165, 1.54) is 5.56 Å². The maximum absolute atomic E-state index is 8.81. The molecule has 2 aromatic rings. The molecule has 0 amide bonds. The molecular weight excluding hydrogens is 324 g/mol. The average molecular weight is 337 g/mol. The van der Waals surface area contributed by atoms with E-state index in [1.807, 2.05) is 36.4 Å². The van der Waals surface area contributed by atoms with Crippen LogP contribution in [0.4, 0.5) is 0 Å². The van der Waals surface area contributed by atoms with Crippen LogP contribution in [0.25, 0.3) is 0 Å². The van der Waals surface area contributed by atoms with Gasteiger partial charge < -0.3 is 10.9 Å². The fourth-order valence-corrected chi connectivity index (χ4v) is 3.18. The third-order valence-electron chi connectivity index (χ3n) is 2.56. The average Bonchev–Trinajstić information content (AvgIpc) is 2.45. The minimum atomic E-state index is 0.128. The number of rotatable bonds is 4. The van der Waals surface area contributed by atoms with E-state index in [4.69, 9.17) is 10.9 Å². The molecule has 0 heterocycles. The summed E-state index contributed by atoms with van der Waals surface area (Å²) in [6, 6.07) is 15.9. The van der Waals surface area contributed by atoms with Crippen molar-refractivity contribution in [3.05, 3.63) is 64.1 Å². The summed E-state index contributed by atoms with van der Waals surface area (Å²) < 4.78 is 0.970. The molecule has 0 saturated carbocycles. The first-order valence-electron chi connectivity index (χ1n) is 5.65. The fraction of sp³-hybridized carbons (Fsp3) is 0.0714. The van der Waals surface area contributed by atoms with Gasteiger partial charge in [-0.15, -0.1) is 11.8 Å². The summed E-state index contributed by atoms with van der Waals surface area (Å²) in [6.45, 7) is 0. The summed E-state index contributed by atoms with van der Waals surface area (Å²) in [5.41, 5.74) is 7.66. The lowest BCUT2D eigenvalue weighted by atomic mass is 10.2. The fourth-order valence-electron chi connectivity index (χ4n) is 1.62. The molecule has 0 aliphatic heterocycles. The van der Waals surface area contributed by atoms with Crippen LogP contribution in [0.15, 0.2) is 63.1 Å². The van der Waals surface area contributed by atoms with Gasteiger partial charge in [-0.2, -0.15) is 0 Å². The SMILES string of the molecule is N/C(=N/O)c1ccc(Br)cc1SCc1ccccc1. The van der Waals surface area contributed by atoms with Crippen molar-refractivity contribution >= 4 is 33.5 Å². The molecule has 0 aliphatic carbocycles. The number of nitrogens with zero attached hydrogens (tertiary/aromatic N) is 1. The van der Waals surface area contributed by atoms with Crippen molar-refractivity contribution in [2.45, 2.75) is 10.6 Å². The third kappa shape index (κ3) is 3.75. The highest BCUT2D eigenvalue weighted by Crippen LogP contribution is 2.29. The van der Waals surface area contributed by atoms with Gasteiger partial charge in [0.1, 0.15) is 0 Å². The van der Waals surface area contributed by atoms with Gasteiger partial charge in [-0.1, -0.05) is 51.4 Å². The van der Waals surface area contributed by atoms with E-state index in [0.29, 0.717) is 0 Å². The highest BCUT2D eigenvalue weighted by molar-refractivity contribution is 9.10. The zero-order valence-electron chi connectivity index (χ0n) is 10.1. The maximum atomic E-state index is 8.81. The monoisotopic (exact) mass is 336 g/mol. The van der Waals surface area contributed by atoms with Crippen molar-refractivity contribution in [3.8, 4) is 0 Å². The van der Waals surface area contributed by atoms with Gasteiger partial charge in [-0.05, 0) is 23.8 Å². The molecule has 0 bridgehead atoms. The van der Waals surface area contributed by atoms with E-state index in [2.05, 4.69) is 33.2 Å². The highest BCUT2D eigenvalue weighted by atomic mass is 79.9. The Hall–Kier alpha value is -1.46. The lowest BCUT2D eigenvalue weighted by Crippen LogP contribution is -2.14. The normalized spacial score (nSPS) is 11.5. The second-order valence-electron chi connectivity index (χ2n) is 3.90. The number of hydrogen-bond donors (Lipinski definition) is 2. The molecule has 3 N–H and O–H groups in total. The maximum Gasteiger partial charge on any atom is 0.171 e. The van der Waals surface area contributed by atoms with E-state index >= 15 is 0 Å². The van der Waals surface area contributed by atoms with Crippen molar-refractivity contribution < 1.29 is 5.21 Å². The first-order valence-corrected chi connectivity index (χ1v) is 7.42. The van der Waals surface area contributed by atoms with Crippen LogP contribution in [0.1, 0.15) is 11.1 Å². The van der Waals surface area contributed by atoms with Gasteiger partial charge in [-0.3, -0.25) is 0 Å². The lowest BCUT2D eigenvalue weighted by molar-refractivity contribution is 0.318. The molecule has 0 aliphatic rings. The predicted molar refractivity (Wildman–Crippen MR) is 82.7 cm³/mol. The van der Waals surface area contributed by atoms with E-state index in [0.717, 1.165) is 20.7 Å². The number of thioether (sulfide) groups is 1. The van der Waals surface area contributed by atoms with Crippen molar-refractivity contribution in [3.63, 3.8) is 0 Å². The number of halogens is 1. The molecule has 98 valence electrons. The zero-order chi connectivity index (χ0) is 13.7. The number of oxime groups is 1. The largest absolute Gasteiger partial charge is 0.409 e. The van der Waals surface area contributed by atoms with Crippen molar-refractivity contribution in [2.75, 3.05) is 0 Å². The molecule has 0 aromatic heterocycles. The molecule has 2 rings (SSSR count). The predicted octanol–water partition coefficient (Wildman–Crippen LogP) is 3.84. The second-order valence-corrected chi connectivity index (χ2v) is 5.83. The quantitative estimate of drug-likeness (QED) is 0.293. The topological polar surface area (TPSA) is 58.6 Å². The Labute approximate surface area is 124 Å². The standard InChI is InChI=1S/C14H13BrN2OS/c15-11-6-7-12(14(16)17-18)13(8-11)19-9-10-4-2-1-3-5-10/h1-8,18H,9H2,(H2,16,17). The Kier molecular flexibility index (Phi) is 4.87. The Bertz CT molecular complexity index is 587. The minimum absolute atomic E-state index is 0.128. The van der Waals surface area contributed by atoms with Crippen LogP contribution in [-0.4, -0.2) is 11.0 Å². The lowest BCUT2D eigenvalue weighted by Gasteiger charge is -2.08. The number of hydrogen-bond acceptors (Lipinski definition) is 3. The van der Waals surface area contributed by atoms with Crippen molar-refractivity contribution in [1.29, 1.82) is 0 Å². The van der Waals surface area contributed by atoms with Crippen LogP contribution in [0.2, 0.25) is 0 Å². The van der Waals surface area contributed by atoms with Crippen LogP contribution < -0.4 is 5.73 Å². The van der Waals surface area contributed by atoms with Gasteiger partial charge in [-0.25, -0.2) is 0 Å². The summed E-state index contributed by atoms with van der Waals surface area (Å²) in [7, 11) is 0. The molecule has 2 aromatic carbocycles. The molecule has 3 nitrogen and oxygen atoms in total. The van der Waals surface area contributed by atoms with Crippen LogP contribution in [0.3, 0.4) is 0 Å². The van der Waals surface area contributed by atoms with E-state index in [-0.39, 0.29) is 5.84 Å². The van der Waals surface area contributed by atoms with Crippen LogP contribution in [0, 0.1) is 0 Å².